The Kier molecular flexibility index (Phi) is 3.39. The van der Waals surface area contributed by atoms with Gasteiger partial charge in [0.05, 0.1) is 6.10 Å². The van der Waals surface area contributed by atoms with E-state index in [2.05, 4.69) is 11.4 Å². The molecule has 3 rings (SSSR count). The molecule has 4 heteroatoms. The van der Waals surface area contributed by atoms with Crippen molar-refractivity contribution in [2.24, 2.45) is 0 Å². The lowest BCUT2D eigenvalue weighted by atomic mass is 9.93. The van der Waals surface area contributed by atoms with Gasteiger partial charge in [-0.05, 0) is 43.4 Å². The Hall–Kier alpha value is -1.26. The zero-order valence-corrected chi connectivity index (χ0v) is 10.4. The molecule has 0 spiro atoms. The van der Waals surface area contributed by atoms with Gasteiger partial charge in [-0.15, -0.1) is 0 Å². The summed E-state index contributed by atoms with van der Waals surface area (Å²) in [5.74, 6) is 1.66. The lowest BCUT2D eigenvalue weighted by Crippen LogP contribution is -2.35. The average molecular weight is 249 g/mol. The second kappa shape index (κ2) is 5.16. The topological polar surface area (TPSA) is 50.7 Å². The van der Waals surface area contributed by atoms with Crippen molar-refractivity contribution < 1.29 is 14.6 Å². The maximum absolute atomic E-state index is 9.63. The monoisotopic (exact) mass is 249 g/mol. The van der Waals surface area contributed by atoms with E-state index >= 15 is 0 Å². The van der Waals surface area contributed by atoms with Gasteiger partial charge in [-0.1, -0.05) is 6.07 Å². The van der Waals surface area contributed by atoms with Crippen molar-refractivity contribution in [1.82, 2.24) is 5.32 Å². The fourth-order valence-corrected chi connectivity index (χ4v) is 2.66. The van der Waals surface area contributed by atoms with Gasteiger partial charge in [-0.25, -0.2) is 0 Å². The van der Waals surface area contributed by atoms with Crippen LogP contribution in [-0.4, -0.2) is 24.0 Å². The van der Waals surface area contributed by atoms with Crippen molar-refractivity contribution in [1.29, 1.82) is 0 Å². The van der Waals surface area contributed by atoms with Crippen LogP contribution in [0.4, 0.5) is 0 Å². The van der Waals surface area contributed by atoms with Crippen LogP contribution in [0.1, 0.15) is 31.2 Å². The molecule has 98 valence electrons. The fraction of sp³-hybridized carbons (Fsp3) is 0.571. The van der Waals surface area contributed by atoms with Gasteiger partial charge in [0.25, 0.3) is 0 Å². The number of aliphatic hydroxyl groups excluding tert-OH is 1. The lowest BCUT2D eigenvalue weighted by Gasteiger charge is -2.26. The summed E-state index contributed by atoms with van der Waals surface area (Å²) in [5.41, 5.74) is 1.19. The minimum atomic E-state index is -0.131. The molecule has 1 heterocycles. The molecule has 18 heavy (non-hydrogen) atoms. The van der Waals surface area contributed by atoms with Crippen molar-refractivity contribution in [3.63, 3.8) is 0 Å². The van der Waals surface area contributed by atoms with Crippen molar-refractivity contribution in [2.75, 3.05) is 6.79 Å². The van der Waals surface area contributed by atoms with E-state index in [1.54, 1.807) is 0 Å². The highest BCUT2D eigenvalue weighted by molar-refractivity contribution is 5.44. The molecule has 1 aromatic carbocycles. The van der Waals surface area contributed by atoms with Gasteiger partial charge in [0.15, 0.2) is 11.5 Å². The summed E-state index contributed by atoms with van der Waals surface area (Å²) in [7, 11) is 0. The van der Waals surface area contributed by atoms with Crippen LogP contribution in [-0.2, 0) is 6.54 Å². The molecule has 0 bridgehead atoms. The summed E-state index contributed by atoms with van der Waals surface area (Å²) in [6.45, 7) is 1.13. The summed E-state index contributed by atoms with van der Waals surface area (Å²) in [6.07, 6.45) is 3.95. The smallest absolute Gasteiger partial charge is 0.231 e. The molecular weight excluding hydrogens is 230 g/mol. The third-order valence-electron chi connectivity index (χ3n) is 3.68. The Morgan fingerprint density at radius 2 is 2.11 bits per heavy atom. The number of ether oxygens (including phenoxy) is 2. The minimum Gasteiger partial charge on any atom is -0.454 e. The number of fused-ring (bicyclic) bond motifs is 1. The zero-order valence-electron chi connectivity index (χ0n) is 10.4. The Morgan fingerprint density at radius 1 is 1.22 bits per heavy atom. The van der Waals surface area contributed by atoms with E-state index in [9.17, 15) is 5.11 Å². The first kappa shape index (κ1) is 11.8. The molecular formula is C14H19NO3. The number of rotatable bonds is 3. The first-order valence-electron chi connectivity index (χ1n) is 6.61. The molecule has 1 aromatic rings. The summed E-state index contributed by atoms with van der Waals surface area (Å²) >= 11 is 0. The van der Waals surface area contributed by atoms with Crippen LogP contribution in [0, 0.1) is 0 Å². The number of hydrogen-bond donors (Lipinski definition) is 2. The number of nitrogens with one attached hydrogen (secondary N) is 1. The molecule has 1 aliphatic heterocycles. The van der Waals surface area contributed by atoms with Crippen molar-refractivity contribution in [3.05, 3.63) is 23.8 Å². The van der Waals surface area contributed by atoms with E-state index in [-0.39, 0.29) is 6.10 Å². The third-order valence-corrected chi connectivity index (χ3v) is 3.68. The first-order chi connectivity index (χ1) is 8.81. The van der Waals surface area contributed by atoms with Crippen LogP contribution < -0.4 is 14.8 Å². The van der Waals surface area contributed by atoms with Crippen LogP contribution in [0.3, 0.4) is 0 Å². The van der Waals surface area contributed by atoms with Crippen LogP contribution in [0.25, 0.3) is 0 Å². The molecule has 1 aliphatic carbocycles. The Labute approximate surface area is 107 Å². The molecule has 0 saturated heterocycles. The van der Waals surface area contributed by atoms with Crippen LogP contribution in [0.2, 0.25) is 0 Å². The van der Waals surface area contributed by atoms with Crippen molar-refractivity contribution in [3.8, 4) is 11.5 Å². The molecule has 4 nitrogen and oxygen atoms in total. The maximum Gasteiger partial charge on any atom is 0.231 e. The number of hydrogen-bond acceptors (Lipinski definition) is 4. The molecule has 1 saturated carbocycles. The highest BCUT2D eigenvalue weighted by Gasteiger charge is 2.20. The van der Waals surface area contributed by atoms with Crippen LogP contribution in [0.15, 0.2) is 18.2 Å². The van der Waals surface area contributed by atoms with E-state index in [4.69, 9.17) is 9.47 Å². The van der Waals surface area contributed by atoms with E-state index in [0.29, 0.717) is 12.8 Å². The molecule has 2 aliphatic rings. The average Bonchev–Trinajstić information content (AvgIpc) is 2.84. The summed E-state index contributed by atoms with van der Waals surface area (Å²) < 4.78 is 10.6. The molecule has 2 N–H and O–H groups in total. The molecule has 0 amide bonds. The molecule has 0 aromatic heterocycles. The predicted molar refractivity (Wildman–Crippen MR) is 67.7 cm³/mol. The highest BCUT2D eigenvalue weighted by Crippen LogP contribution is 2.32. The third kappa shape index (κ3) is 2.60. The highest BCUT2D eigenvalue weighted by atomic mass is 16.7. The minimum absolute atomic E-state index is 0.131. The van der Waals surface area contributed by atoms with Gasteiger partial charge >= 0.3 is 0 Å². The van der Waals surface area contributed by atoms with E-state index < -0.39 is 0 Å². The van der Waals surface area contributed by atoms with Crippen LogP contribution in [0.5, 0.6) is 11.5 Å². The van der Waals surface area contributed by atoms with Gasteiger partial charge < -0.3 is 19.9 Å². The van der Waals surface area contributed by atoms with E-state index in [1.807, 2.05) is 12.1 Å². The maximum atomic E-state index is 9.63. The summed E-state index contributed by atoms with van der Waals surface area (Å²) in [6, 6.07) is 6.46. The largest absolute Gasteiger partial charge is 0.454 e. The Morgan fingerprint density at radius 3 is 3.00 bits per heavy atom. The quantitative estimate of drug-likeness (QED) is 0.857. The Balaban J connectivity index is 1.56. The second-order valence-electron chi connectivity index (χ2n) is 5.09. The second-order valence-corrected chi connectivity index (χ2v) is 5.09. The summed E-state index contributed by atoms with van der Waals surface area (Å²) in [5, 5.41) is 13.1. The SMILES string of the molecule is OC1CCCC(NCc2ccc3c(c2)OCO3)C1. The van der Waals surface area contributed by atoms with Gasteiger partial charge in [0.1, 0.15) is 0 Å². The first-order valence-corrected chi connectivity index (χ1v) is 6.61. The molecule has 1 fully saturated rings. The number of aliphatic hydroxyl groups is 1. The van der Waals surface area contributed by atoms with Crippen LogP contribution >= 0.6 is 0 Å². The molecule has 0 radical (unpaired) electrons. The standard InChI is InChI=1S/C14H19NO3/c16-12-3-1-2-11(7-12)15-8-10-4-5-13-14(6-10)18-9-17-13/h4-6,11-12,15-16H,1-3,7-9H2. The Bertz CT molecular complexity index is 422. The fourth-order valence-electron chi connectivity index (χ4n) is 2.66. The normalized spacial score (nSPS) is 26.3. The van der Waals surface area contributed by atoms with Gasteiger partial charge in [0.2, 0.25) is 6.79 Å². The van der Waals surface area contributed by atoms with E-state index in [1.165, 1.54) is 5.56 Å². The van der Waals surface area contributed by atoms with Crippen molar-refractivity contribution in [2.45, 2.75) is 44.4 Å². The van der Waals surface area contributed by atoms with Gasteiger partial charge in [-0.2, -0.15) is 0 Å². The van der Waals surface area contributed by atoms with Gasteiger partial charge in [-0.3, -0.25) is 0 Å². The molecule has 2 unspecified atom stereocenters. The lowest BCUT2D eigenvalue weighted by molar-refractivity contribution is 0.111. The van der Waals surface area contributed by atoms with E-state index in [0.717, 1.165) is 43.7 Å². The van der Waals surface area contributed by atoms with Crippen molar-refractivity contribution >= 4 is 0 Å². The predicted octanol–water partition coefficient (Wildman–Crippen LogP) is 1.81. The molecule has 2 atom stereocenters. The zero-order chi connectivity index (χ0) is 12.4. The summed E-state index contributed by atoms with van der Waals surface area (Å²) in [4.78, 5) is 0. The number of benzene rings is 1. The van der Waals surface area contributed by atoms with Gasteiger partial charge in [0, 0.05) is 12.6 Å².